The van der Waals surface area contributed by atoms with E-state index in [9.17, 15) is 0 Å². The van der Waals surface area contributed by atoms with Crippen LogP contribution in [-0.2, 0) is 0 Å². The smallest absolute Gasteiger partial charge is 0.0772 e. The molecule has 0 amide bonds. The molecule has 0 saturated carbocycles. The van der Waals surface area contributed by atoms with E-state index in [1.54, 1.807) is 11.5 Å². The van der Waals surface area contributed by atoms with Gasteiger partial charge in [0, 0.05) is 6.04 Å². The Balaban J connectivity index is 2.53. The maximum Gasteiger partial charge on any atom is 0.0772 e. The first-order chi connectivity index (χ1) is 7.79. The Morgan fingerprint density at radius 3 is 2.62 bits per heavy atom. The van der Waals surface area contributed by atoms with Crippen molar-refractivity contribution in [1.82, 2.24) is 14.9 Å². The molecule has 0 aliphatic rings. The third kappa shape index (κ3) is 4.18. The summed E-state index contributed by atoms with van der Waals surface area (Å²) in [4.78, 5) is 1.32. The molecule has 0 spiro atoms. The molecule has 0 radical (unpaired) electrons. The van der Waals surface area contributed by atoms with Gasteiger partial charge in [0.1, 0.15) is 0 Å². The van der Waals surface area contributed by atoms with Gasteiger partial charge in [0.15, 0.2) is 0 Å². The van der Waals surface area contributed by atoms with Gasteiger partial charge in [-0.2, -0.15) is 0 Å². The maximum atomic E-state index is 4.10. The highest BCUT2D eigenvalue weighted by Gasteiger charge is 2.15. The van der Waals surface area contributed by atoms with Crippen molar-refractivity contribution < 1.29 is 0 Å². The zero-order valence-corrected chi connectivity index (χ0v) is 11.4. The average molecular weight is 241 g/mol. The molecule has 3 nitrogen and oxygen atoms in total. The molecule has 4 heteroatoms. The lowest BCUT2D eigenvalue weighted by molar-refractivity contribution is 0.478. The molecular formula is C12H23N3S. The van der Waals surface area contributed by atoms with Crippen LogP contribution in [0.25, 0.3) is 0 Å². The van der Waals surface area contributed by atoms with Gasteiger partial charge in [0.2, 0.25) is 0 Å². The van der Waals surface area contributed by atoms with Crippen LogP contribution in [0.2, 0.25) is 0 Å². The Morgan fingerprint density at radius 1 is 1.25 bits per heavy atom. The van der Waals surface area contributed by atoms with Crippen LogP contribution >= 0.6 is 11.5 Å². The molecule has 1 heterocycles. The highest BCUT2D eigenvalue weighted by molar-refractivity contribution is 7.05. The lowest BCUT2D eigenvalue weighted by atomic mass is 10.1. The van der Waals surface area contributed by atoms with Crippen LogP contribution in [0.5, 0.6) is 0 Å². The molecule has 0 saturated heterocycles. The van der Waals surface area contributed by atoms with E-state index >= 15 is 0 Å². The third-order valence-corrected chi connectivity index (χ3v) is 3.68. The van der Waals surface area contributed by atoms with Crippen molar-refractivity contribution in [3.8, 4) is 0 Å². The number of rotatable bonds is 8. The number of nitrogens with one attached hydrogen (secondary N) is 1. The van der Waals surface area contributed by atoms with Crippen LogP contribution < -0.4 is 5.32 Å². The Kier molecular flexibility index (Phi) is 6.57. The number of hydrogen-bond donors (Lipinski definition) is 1. The maximum absolute atomic E-state index is 4.10. The summed E-state index contributed by atoms with van der Waals surface area (Å²) in [5.74, 6) is 0. The van der Waals surface area contributed by atoms with Crippen molar-refractivity contribution >= 4 is 11.5 Å². The second kappa shape index (κ2) is 7.74. The minimum atomic E-state index is 0.464. The molecule has 0 aliphatic heterocycles. The molecule has 1 rings (SSSR count). The second-order valence-corrected chi connectivity index (χ2v) is 5.01. The van der Waals surface area contributed by atoms with Crippen molar-refractivity contribution in [3.63, 3.8) is 0 Å². The summed E-state index contributed by atoms with van der Waals surface area (Å²) >= 11 is 1.54. The van der Waals surface area contributed by atoms with E-state index < -0.39 is 0 Å². The van der Waals surface area contributed by atoms with Gasteiger partial charge in [-0.25, -0.2) is 0 Å². The minimum absolute atomic E-state index is 0.464. The van der Waals surface area contributed by atoms with Gasteiger partial charge >= 0.3 is 0 Å². The second-order valence-electron chi connectivity index (χ2n) is 4.23. The van der Waals surface area contributed by atoms with Crippen LogP contribution in [0, 0.1) is 6.92 Å². The third-order valence-electron chi connectivity index (χ3n) is 2.74. The summed E-state index contributed by atoms with van der Waals surface area (Å²) in [6.45, 7) is 7.58. The van der Waals surface area contributed by atoms with E-state index in [0.29, 0.717) is 6.04 Å². The van der Waals surface area contributed by atoms with Gasteiger partial charge < -0.3 is 5.32 Å². The molecule has 0 bridgehead atoms. The van der Waals surface area contributed by atoms with Crippen molar-refractivity contribution in [3.05, 3.63) is 10.6 Å². The fourth-order valence-electron chi connectivity index (χ4n) is 1.80. The number of aromatic nitrogens is 2. The Bertz CT molecular complexity index is 286. The van der Waals surface area contributed by atoms with E-state index in [1.165, 1.54) is 37.0 Å². The van der Waals surface area contributed by atoms with Crippen molar-refractivity contribution in [1.29, 1.82) is 0 Å². The number of hydrogen-bond acceptors (Lipinski definition) is 4. The summed E-state index contributed by atoms with van der Waals surface area (Å²) in [7, 11) is 0. The number of unbranched alkanes of at least 4 members (excludes halogenated alkanes) is 2. The SMILES string of the molecule is CCCCCC(NCCC)c1snnc1C. The predicted molar refractivity (Wildman–Crippen MR) is 69.8 cm³/mol. The zero-order valence-electron chi connectivity index (χ0n) is 10.6. The van der Waals surface area contributed by atoms with Crippen molar-refractivity contribution in [2.24, 2.45) is 0 Å². The van der Waals surface area contributed by atoms with Crippen LogP contribution in [0.3, 0.4) is 0 Å². The van der Waals surface area contributed by atoms with E-state index in [2.05, 4.69) is 35.7 Å². The molecule has 1 unspecified atom stereocenters. The summed E-state index contributed by atoms with van der Waals surface area (Å²) < 4.78 is 4.03. The molecule has 0 fully saturated rings. The van der Waals surface area contributed by atoms with Gasteiger partial charge in [-0.1, -0.05) is 37.6 Å². The van der Waals surface area contributed by atoms with Gasteiger partial charge in [0.25, 0.3) is 0 Å². The first-order valence-corrected chi connectivity index (χ1v) is 7.09. The average Bonchev–Trinajstić information content (AvgIpc) is 2.70. The van der Waals surface area contributed by atoms with E-state index in [4.69, 9.17) is 0 Å². The first kappa shape index (κ1) is 13.6. The molecule has 92 valence electrons. The van der Waals surface area contributed by atoms with Crippen molar-refractivity contribution in [2.75, 3.05) is 6.54 Å². The standard InChI is InChI=1S/C12H23N3S/c1-4-6-7-8-11(13-9-5-2)12-10(3)14-15-16-12/h11,13H,4-9H2,1-3H3. The highest BCUT2D eigenvalue weighted by atomic mass is 32.1. The lowest BCUT2D eigenvalue weighted by Crippen LogP contribution is -2.22. The summed E-state index contributed by atoms with van der Waals surface area (Å²) in [5.41, 5.74) is 1.09. The van der Waals surface area contributed by atoms with Crippen LogP contribution in [0.15, 0.2) is 0 Å². The van der Waals surface area contributed by atoms with Crippen LogP contribution in [0.4, 0.5) is 0 Å². The van der Waals surface area contributed by atoms with Gasteiger partial charge in [0.05, 0.1) is 10.6 Å². The molecule has 1 aromatic rings. The van der Waals surface area contributed by atoms with Crippen LogP contribution in [-0.4, -0.2) is 16.1 Å². The minimum Gasteiger partial charge on any atom is -0.309 e. The molecule has 16 heavy (non-hydrogen) atoms. The topological polar surface area (TPSA) is 37.8 Å². The lowest BCUT2D eigenvalue weighted by Gasteiger charge is -2.16. The highest BCUT2D eigenvalue weighted by Crippen LogP contribution is 2.24. The molecule has 0 aromatic carbocycles. The van der Waals surface area contributed by atoms with Gasteiger partial charge in [-0.3, -0.25) is 0 Å². The molecule has 1 aromatic heterocycles. The normalized spacial score (nSPS) is 12.9. The van der Waals surface area contributed by atoms with Gasteiger partial charge in [-0.05, 0) is 37.8 Å². The summed E-state index contributed by atoms with van der Waals surface area (Å²) in [6, 6.07) is 0.464. The predicted octanol–water partition coefficient (Wildman–Crippen LogP) is 3.47. The fraction of sp³-hybridized carbons (Fsp3) is 0.833. The first-order valence-electron chi connectivity index (χ1n) is 6.31. The van der Waals surface area contributed by atoms with E-state index in [-0.39, 0.29) is 0 Å². The summed E-state index contributed by atoms with van der Waals surface area (Å²) in [6.07, 6.45) is 6.26. The molecule has 1 atom stereocenters. The Morgan fingerprint density at radius 2 is 2.06 bits per heavy atom. The molecular weight excluding hydrogens is 218 g/mol. The number of nitrogens with zero attached hydrogens (tertiary/aromatic N) is 2. The Labute approximate surface area is 103 Å². The van der Waals surface area contributed by atoms with E-state index in [0.717, 1.165) is 12.2 Å². The van der Waals surface area contributed by atoms with Crippen LogP contribution in [0.1, 0.15) is 62.6 Å². The molecule has 1 N–H and O–H groups in total. The van der Waals surface area contributed by atoms with Gasteiger partial charge in [-0.15, -0.1) is 5.10 Å². The fourth-order valence-corrected chi connectivity index (χ4v) is 2.55. The number of aryl methyl sites for hydroxylation is 1. The largest absolute Gasteiger partial charge is 0.309 e. The summed E-state index contributed by atoms with van der Waals surface area (Å²) in [5, 5.41) is 7.70. The van der Waals surface area contributed by atoms with E-state index in [1.807, 2.05) is 0 Å². The monoisotopic (exact) mass is 241 g/mol. The zero-order chi connectivity index (χ0) is 11.8. The quantitative estimate of drug-likeness (QED) is 0.708. The van der Waals surface area contributed by atoms with Crippen molar-refractivity contribution in [2.45, 2.75) is 58.9 Å². The molecule has 0 aliphatic carbocycles. The Hall–Kier alpha value is -0.480.